The van der Waals surface area contributed by atoms with Gasteiger partial charge in [-0.15, -0.1) is 0 Å². The Morgan fingerprint density at radius 2 is 1.29 bits per heavy atom. The highest BCUT2D eigenvalue weighted by atomic mass is 16.8. The van der Waals surface area contributed by atoms with Gasteiger partial charge in [0.15, 0.2) is 12.1 Å². The van der Waals surface area contributed by atoms with Crippen molar-refractivity contribution in [2.24, 2.45) is 0 Å². The first-order valence-corrected chi connectivity index (χ1v) is 11.6. The molecule has 6 nitrogen and oxygen atoms in total. The van der Waals surface area contributed by atoms with Gasteiger partial charge in [-0.1, -0.05) is 91.0 Å². The van der Waals surface area contributed by atoms with E-state index in [9.17, 15) is 10.2 Å². The predicted octanol–water partition coefficient (Wildman–Crippen LogP) is 3.59. The molecule has 0 aromatic heterocycles. The van der Waals surface area contributed by atoms with Gasteiger partial charge in [-0.05, 0) is 30.5 Å². The van der Waals surface area contributed by atoms with Gasteiger partial charge >= 0.3 is 0 Å². The van der Waals surface area contributed by atoms with E-state index in [0.717, 1.165) is 16.7 Å². The van der Waals surface area contributed by atoms with Crippen molar-refractivity contribution in [1.82, 2.24) is 0 Å². The molecule has 2 saturated heterocycles. The molecule has 6 heteroatoms. The molecule has 2 aliphatic rings. The summed E-state index contributed by atoms with van der Waals surface area (Å²) in [6.07, 6.45) is -4.42. The van der Waals surface area contributed by atoms with Gasteiger partial charge in [-0.25, -0.2) is 0 Å². The van der Waals surface area contributed by atoms with Gasteiger partial charge in [0.2, 0.25) is 0 Å². The number of hydrogen-bond donors (Lipinski definition) is 2. The number of fused-ring (bicyclic) bond motifs is 1. The number of aliphatic hydroxyl groups is 2. The number of ether oxygens (including phenoxy) is 4. The van der Waals surface area contributed by atoms with Crippen molar-refractivity contribution in [1.29, 1.82) is 0 Å². The summed E-state index contributed by atoms with van der Waals surface area (Å²) in [5.74, 6) is -0.841. The first kappa shape index (κ1) is 23.2. The van der Waals surface area contributed by atoms with Crippen LogP contribution in [0.3, 0.4) is 0 Å². The highest BCUT2D eigenvalue weighted by molar-refractivity contribution is 5.47. The third-order valence-electron chi connectivity index (χ3n) is 6.44. The highest BCUT2D eigenvalue weighted by Crippen LogP contribution is 2.42. The lowest BCUT2D eigenvalue weighted by molar-refractivity contribution is -0.230. The molecule has 0 spiro atoms. The molecule has 2 heterocycles. The van der Waals surface area contributed by atoms with Crippen molar-refractivity contribution >= 4 is 0 Å². The van der Waals surface area contributed by atoms with Gasteiger partial charge in [0.1, 0.15) is 30.0 Å². The Hall–Kier alpha value is -2.58. The summed E-state index contributed by atoms with van der Waals surface area (Å²) < 4.78 is 24.0. The van der Waals surface area contributed by atoms with Crippen molar-refractivity contribution in [3.63, 3.8) is 0 Å². The maximum absolute atomic E-state index is 11.1. The molecule has 5 rings (SSSR count). The van der Waals surface area contributed by atoms with Gasteiger partial charge < -0.3 is 29.2 Å². The second kappa shape index (κ2) is 9.23. The SMILES string of the molecule is CC1(C)O[C@H]2O[C@H]([C@H](O)COC(c3ccccc3)(c3ccccc3)c3ccccc3)[C@H](O)[C@H]2O1. The molecular formula is C28H30O6. The predicted molar refractivity (Wildman–Crippen MR) is 126 cm³/mol. The molecule has 0 bridgehead atoms. The molecule has 34 heavy (non-hydrogen) atoms. The van der Waals surface area contributed by atoms with Gasteiger partial charge in [0.25, 0.3) is 0 Å². The zero-order valence-electron chi connectivity index (χ0n) is 19.3. The quantitative estimate of drug-likeness (QED) is 0.523. The fraction of sp³-hybridized carbons (Fsp3) is 0.357. The fourth-order valence-electron chi connectivity index (χ4n) is 4.91. The molecule has 2 aliphatic heterocycles. The van der Waals surface area contributed by atoms with E-state index < -0.39 is 42.1 Å². The third-order valence-corrected chi connectivity index (χ3v) is 6.44. The molecule has 2 N–H and O–H groups in total. The molecule has 0 radical (unpaired) electrons. The van der Waals surface area contributed by atoms with Crippen molar-refractivity contribution in [2.45, 2.75) is 55.9 Å². The van der Waals surface area contributed by atoms with Gasteiger partial charge in [0.05, 0.1) is 6.61 Å². The minimum absolute atomic E-state index is 0.0801. The average molecular weight is 463 g/mol. The average Bonchev–Trinajstić information content (AvgIpc) is 3.33. The van der Waals surface area contributed by atoms with Crippen LogP contribution in [0, 0.1) is 0 Å². The summed E-state index contributed by atoms with van der Waals surface area (Å²) in [7, 11) is 0. The van der Waals surface area contributed by atoms with E-state index in [1.807, 2.05) is 91.0 Å². The summed E-state index contributed by atoms with van der Waals surface area (Å²) in [5, 5.41) is 21.9. The maximum atomic E-state index is 11.1. The molecule has 0 aliphatic carbocycles. The second-order valence-electron chi connectivity index (χ2n) is 9.22. The Kier molecular flexibility index (Phi) is 6.29. The molecule has 0 amide bonds. The van der Waals surface area contributed by atoms with Crippen LogP contribution in [0.1, 0.15) is 30.5 Å². The van der Waals surface area contributed by atoms with Crippen LogP contribution in [0.25, 0.3) is 0 Å². The van der Waals surface area contributed by atoms with Gasteiger partial charge in [0, 0.05) is 0 Å². The Morgan fingerprint density at radius 1 is 0.824 bits per heavy atom. The molecule has 0 unspecified atom stereocenters. The lowest BCUT2D eigenvalue weighted by Crippen LogP contribution is -2.45. The summed E-state index contributed by atoms with van der Waals surface area (Å²) in [5.41, 5.74) is 1.81. The Balaban J connectivity index is 1.46. The number of hydrogen-bond acceptors (Lipinski definition) is 6. The van der Waals surface area contributed by atoms with Crippen LogP contribution in [0.4, 0.5) is 0 Å². The molecule has 5 atom stereocenters. The van der Waals surface area contributed by atoms with Crippen LogP contribution in [0.2, 0.25) is 0 Å². The van der Waals surface area contributed by atoms with Crippen LogP contribution < -0.4 is 0 Å². The normalized spacial score (nSPS) is 26.8. The van der Waals surface area contributed by atoms with Crippen molar-refractivity contribution in [3.8, 4) is 0 Å². The van der Waals surface area contributed by atoms with Gasteiger partial charge in [-0.2, -0.15) is 0 Å². The summed E-state index contributed by atoms with van der Waals surface area (Å²) in [6.45, 7) is 3.46. The zero-order valence-corrected chi connectivity index (χ0v) is 19.3. The van der Waals surface area contributed by atoms with Gasteiger partial charge in [-0.3, -0.25) is 0 Å². The Bertz CT molecular complexity index is 975. The van der Waals surface area contributed by atoms with Crippen molar-refractivity contribution in [2.75, 3.05) is 6.61 Å². The molecule has 2 fully saturated rings. The fourth-order valence-corrected chi connectivity index (χ4v) is 4.91. The maximum Gasteiger partial charge on any atom is 0.190 e. The first-order valence-electron chi connectivity index (χ1n) is 11.6. The lowest BCUT2D eigenvalue weighted by Gasteiger charge is -2.37. The third kappa shape index (κ3) is 4.18. The molecule has 0 saturated carbocycles. The van der Waals surface area contributed by atoms with E-state index >= 15 is 0 Å². The number of rotatable bonds is 7. The summed E-state index contributed by atoms with van der Waals surface area (Å²) in [4.78, 5) is 0. The van der Waals surface area contributed by atoms with E-state index in [1.165, 1.54) is 0 Å². The van der Waals surface area contributed by atoms with Crippen LogP contribution in [-0.4, -0.2) is 53.3 Å². The standard InChI is InChI=1S/C28H30O6/c1-27(2)33-25-23(30)24(32-26(25)34-27)22(29)18-31-28(19-12-6-3-7-13-19,20-14-8-4-9-15-20)21-16-10-5-11-17-21/h3-17,22-26,29-30H,18H2,1-2H3/t22-,23+,24-,25-,26-/m1/s1. The van der Waals surface area contributed by atoms with Crippen LogP contribution in [0.15, 0.2) is 91.0 Å². The molecule has 3 aromatic carbocycles. The molecule has 3 aromatic rings. The van der Waals surface area contributed by atoms with E-state index in [1.54, 1.807) is 13.8 Å². The van der Waals surface area contributed by atoms with Crippen molar-refractivity contribution in [3.05, 3.63) is 108 Å². The Morgan fingerprint density at radius 3 is 1.74 bits per heavy atom. The summed E-state index contributed by atoms with van der Waals surface area (Å²) in [6, 6.07) is 29.8. The van der Waals surface area contributed by atoms with Crippen LogP contribution >= 0.6 is 0 Å². The van der Waals surface area contributed by atoms with Crippen LogP contribution in [-0.2, 0) is 24.5 Å². The largest absolute Gasteiger partial charge is 0.388 e. The summed E-state index contributed by atoms with van der Waals surface area (Å²) >= 11 is 0. The first-order chi connectivity index (χ1) is 16.4. The monoisotopic (exact) mass is 462 g/mol. The van der Waals surface area contributed by atoms with E-state index in [4.69, 9.17) is 18.9 Å². The van der Waals surface area contributed by atoms with E-state index in [2.05, 4.69) is 0 Å². The minimum atomic E-state index is -1.11. The number of benzene rings is 3. The van der Waals surface area contributed by atoms with Crippen LogP contribution in [0.5, 0.6) is 0 Å². The van der Waals surface area contributed by atoms with E-state index in [-0.39, 0.29) is 6.61 Å². The lowest BCUT2D eigenvalue weighted by atomic mass is 9.80. The van der Waals surface area contributed by atoms with Crippen molar-refractivity contribution < 1.29 is 29.2 Å². The highest BCUT2D eigenvalue weighted by Gasteiger charge is 2.56. The Labute approximate surface area is 199 Å². The second-order valence-corrected chi connectivity index (χ2v) is 9.22. The number of aliphatic hydroxyl groups excluding tert-OH is 2. The zero-order chi connectivity index (χ0) is 23.8. The molecular weight excluding hydrogens is 432 g/mol. The topological polar surface area (TPSA) is 77.4 Å². The minimum Gasteiger partial charge on any atom is -0.388 e. The molecule has 178 valence electrons. The van der Waals surface area contributed by atoms with E-state index in [0.29, 0.717) is 0 Å². The smallest absolute Gasteiger partial charge is 0.190 e.